The average Bonchev–Trinajstić information content (AvgIpc) is 3.09. The van der Waals surface area contributed by atoms with Crippen LogP contribution in [0.5, 0.6) is 0 Å². The number of hydrogen-bond donors (Lipinski definition) is 2. The van der Waals surface area contributed by atoms with Crippen molar-refractivity contribution in [1.29, 1.82) is 0 Å². The summed E-state index contributed by atoms with van der Waals surface area (Å²) in [5, 5.41) is 12.7. The molecule has 0 spiro atoms. The van der Waals surface area contributed by atoms with Gasteiger partial charge in [0.15, 0.2) is 5.82 Å². The van der Waals surface area contributed by atoms with Crippen molar-refractivity contribution in [2.24, 2.45) is 5.92 Å². The molecule has 2 amide bonds. The zero-order valence-corrected chi connectivity index (χ0v) is 15.4. The maximum absolute atomic E-state index is 12.6. The number of amides is 2. The van der Waals surface area contributed by atoms with Crippen LogP contribution in [0, 0.1) is 5.92 Å². The minimum atomic E-state index is -0.891. The summed E-state index contributed by atoms with van der Waals surface area (Å²) < 4.78 is 1.61. The molecule has 2 aromatic heterocycles. The van der Waals surface area contributed by atoms with Crippen molar-refractivity contribution in [3.63, 3.8) is 0 Å². The second-order valence-electron chi connectivity index (χ2n) is 6.15. The Morgan fingerprint density at radius 2 is 2.04 bits per heavy atom. The highest BCUT2D eigenvalue weighted by atomic mass is 35.5. The van der Waals surface area contributed by atoms with E-state index in [1.807, 2.05) is 0 Å². The Kier molecular flexibility index (Phi) is 5.68. The van der Waals surface area contributed by atoms with E-state index < -0.39 is 6.09 Å². The molecule has 7 nitrogen and oxygen atoms in total. The first-order valence-corrected chi connectivity index (χ1v) is 8.96. The molecule has 3 rings (SSSR count). The van der Waals surface area contributed by atoms with Crippen molar-refractivity contribution in [3.05, 3.63) is 46.3 Å². The monoisotopic (exact) mass is 396 g/mol. The highest BCUT2D eigenvalue weighted by molar-refractivity contribution is 6.35. The van der Waals surface area contributed by atoms with E-state index in [2.05, 4.69) is 10.3 Å². The molecule has 1 fully saturated rings. The van der Waals surface area contributed by atoms with Gasteiger partial charge in [-0.3, -0.25) is 9.36 Å². The summed E-state index contributed by atoms with van der Waals surface area (Å²) in [4.78, 5) is 29.1. The number of nitrogens with one attached hydrogen (secondary N) is 1. The lowest BCUT2D eigenvalue weighted by Crippen LogP contribution is -2.41. The molecular formula is C17H18Cl2N4O3. The van der Waals surface area contributed by atoms with Gasteiger partial charge in [-0.25, -0.2) is 9.78 Å². The summed E-state index contributed by atoms with van der Waals surface area (Å²) >= 11 is 12.1. The van der Waals surface area contributed by atoms with Gasteiger partial charge in [-0.2, -0.15) is 0 Å². The van der Waals surface area contributed by atoms with E-state index in [-0.39, 0.29) is 11.8 Å². The van der Waals surface area contributed by atoms with Crippen LogP contribution in [0.3, 0.4) is 0 Å². The molecule has 138 valence electrons. The van der Waals surface area contributed by atoms with Crippen molar-refractivity contribution < 1.29 is 14.7 Å². The van der Waals surface area contributed by atoms with E-state index in [0.29, 0.717) is 41.2 Å². The number of nitrogens with zero attached hydrogens (tertiary/aromatic N) is 3. The highest BCUT2D eigenvalue weighted by Gasteiger charge is 2.23. The van der Waals surface area contributed by atoms with Crippen LogP contribution in [0.4, 0.5) is 4.79 Å². The van der Waals surface area contributed by atoms with Crippen LogP contribution < -0.4 is 5.32 Å². The molecule has 1 aliphatic heterocycles. The molecule has 0 aliphatic carbocycles. The van der Waals surface area contributed by atoms with Gasteiger partial charge in [0.05, 0.1) is 10.0 Å². The number of carboxylic acid groups (broad SMARTS) is 1. The largest absolute Gasteiger partial charge is 0.465 e. The van der Waals surface area contributed by atoms with Crippen LogP contribution in [0.1, 0.15) is 23.3 Å². The number of halogens is 2. The van der Waals surface area contributed by atoms with E-state index in [9.17, 15) is 9.59 Å². The van der Waals surface area contributed by atoms with Crippen LogP contribution >= 0.6 is 23.2 Å². The van der Waals surface area contributed by atoms with Gasteiger partial charge in [0.2, 0.25) is 0 Å². The van der Waals surface area contributed by atoms with E-state index in [0.717, 1.165) is 12.8 Å². The predicted molar refractivity (Wildman–Crippen MR) is 98.2 cm³/mol. The number of carbonyl (C=O) groups excluding carboxylic acids is 1. The fourth-order valence-corrected chi connectivity index (χ4v) is 3.46. The van der Waals surface area contributed by atoms with E-state index >= 15 is 0 Å². The molecule has 2 aromatic rings. The molecule has 0 radical (unpaired) electrons. The third-order valence-corrected chi connectivity index (χ3v) is 4.92. The summed E-state index contributed by atoms with van der Waals surface area (Å²) in [7, 11) is 0. The molecular weight excluding hydrogens is 379 g/mol. The van der Waals surface area contributed by atoms with Gasteiger partial charge < -0.3 is 15.3 Å². The van der Waals surface area contributed by atoms with Crippen LogP contribution in [-0.4, -0.2) is 51.2 Å². The first-order chi connectivity index (χ1) is 12.5. The molecule has 2 N–H and O–H groups in total. The lowest BCUT2D eigenvalue weighted by atomic mass is 9.97. The maximum atomic E-state index is 12.6. The van der Waals surface area contributed by atoms with Gasteiger partial charge in [0.25, 0.3) is 5.91 Å². The molecule has 1 aliphatic rings. The van der Waals surface area contributed by atoms with Crippen LogP contribution in [0.15, 0.2) is 30.6 Å². The van der Waals surface area contributed by atoms with Crippen LogP contribution in [0.2, 0.25) is 10.0 Å². The number of hydrogen-bond acceptors (Lipinski definition) is 3. The minimum absolute atomic E-state index is 0.233. The van der Waals surface area contributed by atoms with Gasteiger partial charge in [0.1, 0.15) is 5.69 Å². The van der Waals surface area contributed by atoms with Gasteiger partial charge >= 0.3 is 6.09 Å². The number of piperidine rings is 1. The zero-order chi connectivity index (χ0) is 18.7. The fourth-order valence-electron chi connectivity index (χ4n) is 2.99. The number of aromatic nitrogens is 2. The molecule has 9 heteroatoms. The van der Waals surface area contributed by atoms with Gasteiger partial charge in [-0.05, 0) is 37.0 Å². The quantitative estimate of drug-likeness (QED) is 0.829. The second kappa shape index (κ2) is 7.97. The summed E-state index contributed by atoms with van der Waals surface area (Å²) in [5.41, 5.74) is 0.421. The van der Waals surface area contributed by atoms with Crippen LogP contribution in [-0.2, 0) is 0 Å². The van der Waals surface area contributed by atoms with Crippen molar-refractivity contribution in [2.45, 2.75) is 12.8 Å². The SMILES string of the molecule is O=C(NCC1CCN(C(=O)O)CC1)c1cccn1-c1ncc(Cl)cc1Cl. The maximum Gasteiger partial charge on any atom is 0.407 e. The molecule has 0 bridgehead atoms. The zero-order valence-electron chi connectivity index (χ0n) is 13.9. The molecule has 3 heterocycles. The fraction of sp³-hybridized carbons (Fsp3) is 0.353. The molecule has 0 aromatic carbocycles. The van der Waals surface area contributed by atoms with Crippen molar-refractivity contribution in [2.75, 3.05) is 19.6 Å². The van der Waals surface area contributed by atoms with E-state index in [1.165, 1.54) is 11.1 Å². The van der Waals surface area contributed by atoms with Crippen molar-refractivity contribution >= 4 is 35.2 Å². The Bertz CT molecular complexity index is 816. The van der Waals surface area contributed by atoms with Gasteiger partial charge in [0, 0.05) is 32.0 Å². The first-order valence-electron chi connectivity index (χ1n) is 8.20. The van der Waals surface area contributed by atoms with E-state index in [4.69, 9.17) is 28.3 Å². The Morgan fingerprint density at radius 1 is 1.31 bits per heavy atom. The Labute approximate surface area is 160 Å². The number of rotatable bonds is 4. The Morgan fingerprint density at radius 3 is 2.69 bits per heavy atom. The molecule has 0 saturated carbocycles. The predicted octanol–water partition coefficient (Wildman–Crippen LogP) is 3.30. The average molecular weight is 397 g/mol. The standard InChI is InChI=1S/C17H18Cl2N4O3/c18-12-8-13(19)15(20-10-12)23-5-1-2-14(23)16(24)21-9-11-3-6-22(7-4-11)17(25)26/h1-2,5,8,10-11H,3-4,6-7,9H2,(H,21,24)(H,25,26). The first kappa shape index (κ1) is 18.5. The van der Waals surface area contributed by atoms with Crippen LogP contribution in [0.25, 0.3) is 5.82 Å². The summed E-state index contributed by atoms with van der Waals surface area (Å²) in [5.74, 6) is 0.458. The second-order valence-corrected chi connectivity index (χ2v) is 6.99. The number of likely N-dealkylation sites (tertiary alicyclic amines) is 1. The van der Waals surface area contributed by atoms with Crippen molar-refractivity contribution in [1.82, 2.24) is 19.8 Å². The highest BCUT2D eigenvalue weighted by Crippen LogP contribution is 2.23. The third-order valence-electron chi connectivity index (χ3n) is 4.43. The summed E-state index contributed by atoms with van der Waals surface area (Å²) in [6, 6.07) is 5.01. The lowest BCUT2D eigenvalue weighted by Gasteiger charge is -2.30. The molecule has 1 saturated heterocycles. The minimum Gasteiger partial charge on any atom is -0.465 e. The summed E-state index contributed by atoms with van der Waals surface area (Å²) in [6.45, 7) is 1.49. The Balaban J connectivity index is 1.63. The van der Waals surface area contributed by atoms with Gasteiger partial charge in [-0.15, -0.1) is 0 Å². The van der Waals surface area contributed by atoms with Crippen molar-refractivity contribution in [3.8, 4) is 5.82 Å². The molecule has 0 unspecified atom stereocenters. The summed E-state index contributed by atoms with van der Waals surface area (Å²) in [6.07, 6.45) is 3.76. The number of pyridine rings is 1. The smallest absolute Gasteiger partial charge is 0.407 e. The third kappa shape index (κ3) is 4.11. The van der Waals surface area contributed by atoms with E-state index in [1.54, 1.807) is 29.0 Å². The topological polar surface area (TPSA) is 87.5 Å². The lowest BCUT2D eigenvalue weighted by molar-refractivity contribution is 0.0922. The molecule has 26 heavy (non-hydrogen) atoms. The number of carbonyl (C=O) groups is 2. The molecule has 0 atom stereocenters. The van der Waals surface area contributed by atoms with Gasteiger partial charge in [-0.1, -0.05) is 23.2 Å². The normalized spacial score (nSPS) is 15.1. The Hall–Kier alpha value is -2.25.